The lowest BCUT2D eigenvalue weighted by molar-refractivity contribution is -0.147. The van der Waals surface area contributed by atoms with Crippen LogP contribution in [0.5, 0.6) is 0 Å². The largest absolute Gasteiger partial charge is 0.481 e. The first-order valence-electron chi connectivity index (χ1n) is 14.4. The monoisotopic (exact) mass is 1210 g/mol. The van der Waals surface area contributed by atoms with Gasteiger partial charge >= 0.3 is 29.1 Å². The molecule has 2 aromatic rings. The molecule has 5 unspecified atom stereocenters. The van der Waals surface area contributed by atoms with Crippen LogP contribution in [0.1, 0.15) is 147 Å². The number of carboxylic acid groups (broad SMARTS) is 3. The zero-order valence-corrected chi connectivity index (χ0v) is 38.2. The Hall–Kier alpha value is -3.10. The molecule has 412 valence electrons. The van der Waals surface area contributed by atoms with Gasteiger partial charge in [-0.05, 0) is 41.6 Å². The van der Waals surface area contributed by atoms with Gasteiger partial charge in [-0.25, -0.2) is 24.4 Å². The molecule has 0 fully saturated rings. The second-order valence-electron chi connectivity index (χ2n) is 9.64. The Labute approximate surface area is 438 Å². The van der Waals surface area contributed by atoms with Crippen LogP contribution in [0.4, 0.5) is 14.4 Å². The highest BCUT2D eigenvalue weighted by molar-refractivity contribution is 9.09. The summed E-state index contributed by atoms with van der Waals surface area (Å²) in [6.07, 6.45) is 3.35. The summed E-state index contributed by atoms with van der Waals surface area (Å²) in [5.74, 6) is -3.98. The number of imidazole rings is 2. The number of ketones is 6. The van der Waals surface area contributed by atoms with Gasteiger partial charge in [-0.3, -0.25) is 38.4 Å². The maximum absolute atomic E-state index is 10.9. The van der Waals surface area contributed by atoms with Gasteiger partial charge in [-0.2, -0.15) is 0 Å². The third-order valence-corrected chi connectivity index (χ3v) is 6.49. The Balaban J connectivity index is -0.0000000305. The number of carboxylic acids is 2. The second-order valence-corrected chi connectivity index (χ2v) is 13.3. The quantitative estimate of drug-likeness (QED) is 0.0592. The Kier molecular flexibility index (Phi) is 124. The van der Waals surface area contributed by atoms with Crippen LogP contribution in [0.15, 0.2) is 12.4 Å². The Morgan fingerprint density at radius 1 is 0.500 bits per heavy atom. The van der Waals surface area contributed by atoms with Crippen LogP contribution < -0.4 is 11.1 Å². The predicted molar refractivity (Wildman–Crippen MR) is 309 cm³/mol. The molecule has 2 heterocycles. The standard InChI is InChI=1S/C7H10N4P2.C7H10O6P2.C5H6Br2O2.C5H8O2.C3H4O4.CH3O2P.13CH4/c12-6-8-2-4(10-6)1-5-3-9-7(13)11-5;8-4(2-12-6(10)14)1-5(9)3-13-7(11)15;6-2-4(8)1-5(9)3-7;1-4(6)3-5(2)7;4-2(5)1-3(6)7;2-1(3)4;;;;;;;;;;;;;/h2-3H,1,12-13H2,(H,8,10)(H,9,11);1-3,14-15H2;1-3H2;3H2,1-2H3;1H2,(H,4,5)(H,6,7);4H2,(H,2,3);13*1H4. The molecule has 5 N–H and O–H groups in total. The van der Waals surface area contributed by atoms with Gasteiger partial charge in [0.05, 0.1) is 29.9 Å². The van der Waals surface area contributed by atoms with Crippen LogP contribution in [-0.4, -0.2) is 123 Å². The molecule has 0 aromatic carbocycles. The first-order valence-corrected chi connectivity index (χ1v) is 19.5. The number of H-pyrrole nitrogens is 2. The van der Waals surface area contributed by atoms with Crippen LogP contribution in [0.2, 0.25) is 0 Å². The average molecular weight is 1210 g/mol. The van der Waals surface area contributed by atoms with Gasteiger partial charge in [-0.15, -0.1) is 0 Å². The number of nitrogens with one attached hydrogen (secondary N) is 2. The van der Waals surface area contributed by atoms with E-state index in [4.69, 9.17) is 20.1 Å². The first kappa shape index (κ1) is 115. The lowest BCUT2D eigenvalue weighted by Gasteiger charge is -2.01. The Bertz CT molecular complexity index is 1480. The van der Waals surface area contributed by atoms with E-state index >= 15 is 0 Å². The van der Waals surface area contributed by atoms with Crippen molar-refractivity contribution in [3.05, 3.63) is 23.8 Å². The number of nitrogens with zero attached hydrogens (tertiary/aromatic N) is 2. The summed E-state index contributed by atoms with van der Waals surface area (Å²) in [4.78, 5) is 126. The van der Waals surface area contributed by atoms with E-state index in [1.165, 1.54) is 13.8 Å². The fraction of sp³-hybridized carbons (Fsp3) is 0.585. The molecule has 0 saturated heterocycles. The Morgan fingerprint density at radius 3 is 0.897 bits per heavy atom. The van der Waals surface area contributed by atoms with Crippen LogP contribution in [0, 0.1) is 0 Å². The molecule has 2 rings (SSSR count). The number of carbonyl (C=O) groups is 11. The van der Waals surface area contributed by atoms with E-state index in [1.807, 2.05) is 12.4 Å². The van der Waals surface area contributed by atoms with Crippen molar-refractivity contribution < 1.29 is 77.5 Å². The fourth-order valence-corrected chi connectivity index (χ4v) is 3.64. The Morgan fingerprint density at radius 2 is 0.750 bits per heavy atom. The number of ether oxygens (including phenoxy) is 2. The number of hydrogen-bond acceptors (Lipinski definition) is 15. The normalized spacial score (nSPS) is 7.31. The van der Waals surface area contributed by atoms with Crippen molar-refractivity contribution in [1.82, 2.24) is 19.9 Å². The number of rotatable bonds is 16. The van der Waals surface area contributed by atoms with Crippen LogP contribution in [0.25, 0.3) is 0 Å². The molecule has 0 aliphatic carbocycles. The highest BCUT2D eigenvalue weighted by atomic mass is 79.9. The lowest BCUT2D eigenvalue weighted by Crippen LogP contribution is -2.18. The van der Waals surface area contributed by atoms with E-state index in [0.29, 0.717) is 0 Å². The molecular weight excluding hydrogens is 1120 g/mol. The van der Waals surface area contributed by atoms with Crippen molar-refractivity contribution in [2.75, 3.05) is 23.9 Å². The van der Waals surface area contributed by atoms with Gasteiger partial charge in [0.15, 0.2) is 36.3 Å². The number of aromatic amines is 2. The number of aliphatic carboxylic acids is 2. The summed E-state index contributed by atoms with van der Waals surface area (Å²) >= 11 is 5.91. The van der Waals surface area contributed by atoms with E-state index in [9.17, 15) is 47.9 Å². The maximum Gasteiger partial charge on any atom is 0.320 e. The number of Topliss-reactive ketones (excluding diaryl/α,β-unsaturated/α-hetero) is 6. The summed E-state index contributed by atoms with van der Waals surface area (Å²) in [5, 5.41) is 23.3. The van der Waals surface area contributed by atoms with Crippen LogP contribution >= 0.6 is 78.1 Å². The van der Waals surface area contributed by atoms with E-state index in [0.717, 1.165) is 28.9 Å². The molecule has 0 aliphatic rings. The summed E-state index contributed by atoms with van der Waals surface area (Å²) < 4.78 is 8.68. The molecular formula is C41H93Br2N4O16P5. The summed E-state index contributed by atoms with van der Waals surface area (Å²) in [7, 11) is 10.1. The van der Waals surface area contributed by atoms with Crippen LogP contribution in [-0.2, 0) is 54.3 Å². The molecule has 27 heteroatoms. The third-order valence-electron chi connectivity index (χ3n) is 4.32. The number of hydrogen-bond donors (Lipinski definition) is 5. The number of alkyl halides is 2. The highest BCUT2D eigenvalue weighted by Gasteiger charge is 2.12. The minimum absolute atomic E-state index is 0. The fourth-order valence-electron chi connectivity index (χ4n) is 2.56. The topological polar surface area (TPSA) is 324 Å². The molecule has 68 heavy (non-hydrogen) atoms. The predicted octanol–water partition coefficient (Wildman–Crippen LogP) is 10.5. The van der Waals surface area contributed by atoms with Crippen molar-refractivity contribution in [2.45, 2.75) is 142 Å². The zero-order valence-electron chi connectivity index (χ0n) is 29.2. The molecule has 0 radical (unpaired) electrons. The molecule has 0 amide bonds. The van der Waals surface area contributed by atoms with Crippen molar-refractivity contribution in [1.29, 1.82) is 0 Å². The lowest BCUT2D eigenvalue weighted by atomic mass is 10.2. The molecule has 2 aromatic heterocycles. The summed E-state index contributed by atoms with van der Waals surface area (Å²) in [6, 6.07) is 0. The van der Waals surface area contributed by atoms with Gasteiger partial charge in [0.1, 0.15) is 29.1 Å². The van der Waals surface area contributed by atoms with E-state index in [1.54, 1.807) is 27.7 Å². The van der Waals surface area contributed by atoms with E-state index in [2.05, 4.69) is 79.7 Å². The van der Waals surface area contributed by atoms with Crippen molar-refractivity contribution in [3.63, 3.8) is 0 Å². The van der Waals surface area contributed by atoms with Gasteiger partial charge in [0.25, 0.3) is 0 Å². The number of aromatic nitrogens is 4. The summed E-state index contributed by atoms with van der Waals surface area (Å²) in [5.41, 5.74) is 1.62. The molecule has 0 aliphatic heterocycles. The van der Waals surface area contributed by atoms with Gasteiger partial charge in [-0.1, -0.05) is 147 Å². The van der Waals surface area contributed by atoms with Crippen molar-refractivity contribution in [3.8, 4) is 0 Å². The second kappa shape index (κ2) is 72.9. The minimum atomic E-state index is -1.31. The minimum Gasteiger partial charge on any atom is -0.481 e. The van der Waals surface area contributed by atoms with E-state index < -0.39 is 66.7 Å². The smallest absolute Gasteiger partial charge is 0.320 e. The van der Waals surface area contributed by atoms with Gasteiger partial charge in [0.2, 0.25) is 0 Å². The van der Waals surface area contributed by atoms with Crippen molar-refractivity contribution in [2.24, 2.45) is 0 Å². The molecule has 20 nitrogen and oxygen atoms in total. The summed E-state index contributed by atoms with van der Waals surface area (Å²) in [6.45, 7) is 1.90. The van der Waals surface area contributed by atoms with Crippen LogP contribution in [0.3, 0.4) is 0 Å². The molecule has 5 atom stereocenters. The number of carbonyl (C=O) groups excluding carboxylic acids is 8. The molecule has 0 saturated carbocycles. The highest BCUT2D eigenvalue weighted by Crippen LogP contribution is 2.02. The SMILES string of the molecule is C.C.C.C.C.C.C.C.C.C.C.C.C.CC(=O)CC(C)=O.O=C(CBr)CC(=O)CBr.O=C(COC(=O)P)CC(=O)COC(=O)P.O=C(O)CC(=O)O.O=C(O)P.Pc1ncc(Cc2cnc(P)[nH]2)[nH]1. The van der Waals surface area contributed by atoms with Gasteiger partial charge < -0.3 is 34.8 Å². The first-order chi connectivity index (χ1) is 25.3. The molecule has 0 spiro atoms. The molecule has 0 bridgehead atoms. The zero-order chi connectivity index (χ0) is 43.7. The van der Waals surface area contributed by atoms with Crippen molar-refractivity contribution >= 4 is 153 Å². The number of halogens is 2. The maximum atomic E-state index is 10.9. The average Bonchev–Trinajstić information content (AvgIpc) is 3.65. The van der Waals surface area contributed by atoms with Gasteiger partial charge in [0, 0.05) is 30.2 Å². The third kappa shape index (κ3) is 101. The van der Waals surface area contributed by atoms with E-state index in [-0.39, 0.29) is 143 Å².